The highest BCUT2D eigenvalue weighted by Gasteiger charge is 2.57. The summed E-state index contributed by atoms with van der Waals surface area (Å²) >= 11 is 0. The zero-order valence-electron chi connectivity index (χ0n) is 9.08. The predicted octanol–water partition coefficient (Wildman–Crippen LogP) is 2.66. The molecule has 0 radical (unpaired) electrons. The normalized spacial score (nSPS) is 13.2. The molecule has 1 N–H and O–H groups in total. The summed E-state index contributed by atoms with van der Waals surface area (Å²) in [6.45, 7) is 4.89. The van der Waals surface area contributed by atoms with Crippen LogP contribution in [0.2, 0.25) is 0 Å². The van der Waals surface area contributed by atoms with Gasteiger partial charge in [-0.3, -0.25) is 0 Å². The Morgan fingerprint density at radius 3 is 2.00 bits per heavy atom. The van der Waals surface area contributed by atoms with Crippen molar-refractivity contribution in [1.29, 1.82) is 0 Å². The molecule has 2 nitrogen and oxygen atoms in total. The van der Waals surface area contributed by atoms with Gasteiger partial charge in [-0.2, -0.15) is 26.3 Å². The van der Waals surface area contributed by atoms with Gasteiger partial charge in [0, 0.05) is 6.54 Å². The molecule has 0 aromatic heterocycles. The zero-order chi connectivity index (χ0) is 13.7. The smallest absolute Gasteiger partial charge is 0.356 e. The molecule has 17 heavy (non-hydrogen) atoms. The van der Waals surface area contributed by atoms with Gasteiger partial charge in [0.15, 0.2) is 0 Å². The second kappa shape index (κ2) is 6.25. The van der Waals surface area contributed by atoms with E-state index in [9.17, 15) is 26.3 Å². The van der Waals surface area contributed by atoms with E-state index in [-0.39, 0.29) is 12.1 Å². The lowest BCUT2D eigenvalue weighted by Crippen LogP contribution is -2.44. The molecule has 0 spiro atoms. The Kier molecular flexibility index (Phi) is 5.97. The molecular formula is C9H13F6NO. The van der Waals surface area contributed by atoms with Crippen LogP contribution in [0.15, 0.2) is 12.2 Å². The summed E-state index contributed by atoms with van der Waals surface area (Å²) in [5, 5.41) is 2.71. The first-order valence-corrected chi connectivity index (χ1v) is 4.71. The Hall–Kier alpha value is -0.760. The molecule has 0 aliphatic rings. The molecule has 0 unspecified atom stereocenters. The molecule has 0 bridgehead atoms. The van der Waals surface area contributed by atoms with Crippen molar-refractivity contribution in [3.05, 3.63) is 12.2 Å². The summed E-state index contributed by atoms with van der Waals surface area (Å²) in [4.78, 5) is 0. The van der Waals surface area contributed by atoms with Crippen molar-refractivity contribution < 1.29 is 31.1 Å². The van der Waals surface area contributed by atoms with Crippen molar-refractivity contribution in [2.75, 3.05) is 19.7 Å². The quantitative estimate of drug-likeness (QED) is 0.589. The number of hydrogen-bond acceptors (Lipinski definition) is 2. The Bertz CT molecular complexity index is 233. The second-order valence-corrected chi connectivity index (χ2v) is 3.30. The minimum absolute atomic E-state index is 0.110. The van der Waals surface area contributed by atoms with Crippen LogP contribution in [0.5, 0.6) is 0 Å². The Morgan fingerprint density at radius 2 is 1.65 bits per heavy atom. The topological polar surface area (TPSA) is 21.3 Å². The van der Waals surface area contributed by atoms with E-state index in [1.54, 1.807) is 6.92 Å². The van der Waals surface area contributed by atoms with Crippen molar-refractivity contribution in [2.45, 2.75) is 25.4 Å². The average molecular weight is 265 g/mol. The summed E-state index contributed by atoms with van der Waals surface area (Å²) in [7, 11) is 0. The standard InChI is InChI=1S/C9H13F6NO/c1-3-16-4-6(2)5-17-7(8(10,11)12)9(13,14)15/h7,16H,2-5H2,1H3. The van der Waals surface area contributed by atoms with Crippen LogP contribution in [0.4, 0.5) is 26.3 Å². The summed E-state index contributed by atoms with van der Waals surface area (Å²) in [6.07, 6.45) is -14.7. The van der Waals surface area contributed by atoms with Gasteiger partial charge in [0.2, 0.25) is 6.10 Å². The van der Waals surface area contributed by atoms with Gasteiger partial charge < -0.3 is 10.1 Å². The van der Waals surface area contributed by atoms with Crippen LogP contribution in [0, 0.1) is 0 Å². The summed E-state index contributed by atoms with van der Waals surface area (Å²) in [5.41, 5.74) is 0.116. The summed E-state index contributed by atoms with van der Waals surface area (Å²) in [6, 6.07) is 0. The van der Waals surface area contributed by atoms with Gasteiger partial charge >= 0.3 is 12.4 Å². The van der Waals surface area contributed by atoms with E-state index in [1.165, 1.54) is 0 Å². The fraction of sp³-hybridized carbons (Fsp3) is 0.778. The van der Waals surface area contributed by atoms with Gasteiger partial charge in [-0.05, 0) is 12.1 Å². The van der Waals surface area contributed by atoms with Gasteiger partial charge in [-0.15, -0.1) is 0 Å². The highest BCUT2D eigenvalue weighted by Crippen LogP contribution is 2.35. The van der Waals surface area contributed by atoms with E-state index >= 15 is 0 Å². The third kappa shape index (κ3) is 6.52. The third-order valence-corrected chi connectivity index (χ3v) is 1.67. The van der Waals surface area contributed by atoms with Crippen LogP contribution < -0.4 is 5.32 Å². The monoisotopic (exact) mass is 265 g/mol. The van der Waals surface area contributed by atoms with Gasteiger partial charge in [0.05, 0.1) is 6.61 Å². The Balaban J connectivity index is 4.34. The summed E-state index contributed by atoms with van der Waals surface area (Å²) < 4.78 is 76.0. The third-order valence-electron chi connectivity index (χ3n) is 1.67. The zero-order valence-corrected chi connectivity index (χ0v) is 9.08. The number of likely N-dealkylation sites (N-methyl/N-ethyl adjacent to an activating group) is 1. The van der Waals surface area contributed by atoms with Crippen LogP contribution in [0.3, 0.4) is 0 Å². The predicted molar refractivity (Wildman–Crippen MR) is 49.5 cm³/mol. The molecule has 0 aliphatic carbocycles. The van der Waals surface area contributed by atoms with Crippen LogP contribution in [0.25, 0.3) is 0 Å². The summed E-state index contributed by atoms with van der Waals surface area (Å²) in [5.74, 6) is 0. The maximum absolute atomic E-state index is 12.0. The van der Waals surface area contributed by atoms with Gasteiger partial charge in [0.25, 0.3) is 0 Å². The molecule has 0 rings (SSSR count). The Labute approximate surface area is 94.6 Å². The van der Waals surface area contributed by atoms with Crippen molar-refractivity contribution >= 4 is 0 Å². The average Bonchev–Trinajstić information content (AvgIpc) is 2.10. The lowest BCUT2D eigenvalue weighted by Gasteiger charge is -2.23. The minimum atomic E-state index is -5.48. The SMILES string of the molecule is C=C(CNCC)COC(C(F)(F)F)C(F)(F)F. The Morgan fingerprint density at radius 1 is 1.18 bits per heavy atom. The first kappa shape index (κ1) is 16.2. The molecule has 0 heterocycles. The van der Waals surface area contributed by atoms with Gasteiger partial charge in [-0.25, -0.2) is 0 Å². The molecule has 0 amide bonds. The molecular weight excluding hydrogens is 252 g/mol. The number of hydrogen-bond donors (Lipinski definition) is 1. The molecule has 0 saturated carbocycles. The van der Waals surface area contributed by atoms with Crippen molar-refractivity contribution in [3.8, 4) is 0 Å². The number of nitrogens with one attached hydrogen (secondary N) is 1. The highest BCUT2D eigenvalue weighted by molar-refractivity contribution is 4.97. The van der Waals surface area contributed by atoms with Crippen LogP contribution in [0.1, 0.15) is 6.92 Å². The van der Waals surface area contributed by atoms with Crippen LogP contribution in [-0.2, 0) is 4.74 Å². The van der Waals surface area contributed by atoms with Gasteiger partial charge in [-0.1, -0.05) is 13.5 Å². The lowest BCUT2D eigenvalue weighted by atomic mass is 10.3. The van der Waals surface area contributed by atoms with E-state index < -0.39 is 25.1 Å². The minimum Gasteiger partial charge on any atom is -0.356 e. The van der Waals surface area contributed by atoms with E-state index in [4.69, 9.17) is 0 Å². The van der Waals surface area contributed by atoms with Crippen LogP contribution >= 0.6 is 0 Å². The molecule has 8 heteroatoms. The number of alkyl halides is 6. The number of ether oxygens (including phenoxy) is 1. The molecule has 0 aromatic rings. The maximum Gasteiger partial charge on any atom is 0.423 e. The van der Waals surface area contributed by atoms with E-state index in [1.807, 2.05) is 0 Å². The van der Waals surface area contributed by atoms with E-state index in [0.717, 1.165) is 0 Å². The molecule has 0 aromatic carbocycles. The first-order chi connectivity index (χ1) is 7.59. The molecule has 0 aliphatic heterocycles. The van der Waals surface area contributed by atoms with Gasteiger partial charge in [0.1, 0.15) is 0 Å². The fourth-order valence-electron chi connectivity index (χ4n) is 0.929. The van der Waals surface area contributed by atoms with Crippen molar-refractivity contribution in [3.63, 3.8) is 0 Å². The van der Waals surface area contributed by atoms with Crippen LogP contribution in [-0.4, -0.2) is 38.2 Å². The second-order valence-electron chi connectivity index (χ2n) is 3.30. The number of rotatable bonds is 6. The lowest BCUT2D eigenvalue weighted by molar-refractivity contribution is -0.319. The first-order valence-electron chi connectivity index (χ1n) is 4.71. The molecule has 0 fully saturated rings. The largest absolute Gasteiger partial charge is 0.423 e. The van der Waals surface area contributed by atoms with E-state index in [2.05, 4.69) is 16.6 Å². The fourth-order valence-corrected chi connectivity index (χ4v) is 0.929. The van der Waals surface area contributed by atoms with E-state index in [0.29, 0.717) is 6.54 Å². The maximum atomic E-state index is 12.0. The highest BCUT2D eigenvalue weighted by atomic mass is 19.4. The number of halogens is 6. The molecule has 0 atom stereocenters. The molecule has 102 valence electrons. The van der Waals surface area contributed by atoms with Crippen molar-refractivity contribution in [1.82, 2.24) is 5.32 Å². The van der Waals surface area contributed by atoms with Crippen molar-refractivity contribution in [2.24, 2.45) is 0 Å². The molecule has 0 saturated heterocycles.